The molecule has 0 aromatic heterocycles. The summed E-state index contributed by atoms with van der Waals surface area (Å²) in [5.41, 5.74) is 0. The molecule has 1 aliphatic heterocycles. The Morgan fingerprint density at radius 1 is 1.82 bits per heavy atom. The fourth-order valence-electron chi connectivity index (χ4n) is 1.07. The van der Waals surface area contributed by atoms with Gasteiger partial charge in [-0.2, -0.15) is 5.06 Å². The number of rotatable bonds is 2. The number of alkyl halides is 1. The van der Waals surface area contributed by atoms with Gasteiger partial charge in [0.1, 0.15) is 0 Å². The van der Waals surface area contributed by atoms with Crippen LogP contribution in [0, 0.1) is 0 Å². The summed E-state index contributed by atoms with van der Waals surface area (Å²) in [6, 6.07) is 0. The fourth-order valence-corrected chi connectivity index (χ4v) is 1.07. The van der Waals surface area contributed by atoms with Gasteiger partial charge in [-0.25, -0.2) is 4.39 Å². The normalized spacial score (nSPS) is 33.6. The molecule has 64 valence electrons. The molecule has 0 saturated carbocycles. The molecule has 1 atom stereocenters. The average molecular weight is 161 g/mol. The zero-order valence-corrected chi connectivity index (χ0v) is 6.29. The monoisotopic (exact) mass is 161 g/mol. The molecule has 0 unspecified atom stereocenters. The fraction of sp³-hybridized carbons (Fsp3) is 0.714. The number of hydrogen-bond acceptors (Lipinski definition) is 3. The second-order valence-electron chi connectivity index (χ2n) is 2.61. The smallest absolute Gasteiger partial charge is 0.227 e. The van der Waals surface area contributed by atoms with Crippen LogP contribution in [-0.2, 0) is 4.74 Å². The zero-order chi connectivity index (χ0) is 8.32. The minimum atomic E-state index is -1.74. The van der Waals surface area contributed by atoms with Crippen LogP contribution >= 0.6 is 0 Å². The highest BCUT2D eigenvalue weighted by Crippen LogP contribution is 2.22. The molecule has 1 heterocycles. The summed E-state index contributed by atoms with van der Waals surface area (Å²) >= 11 is 0. The molecule has 0 aromatic rings. The number of ether oxygens (including phenoxy) is 1. The van der Waals surface area contributed by atoms with E-state index in [2.05, 4.69) is 6.58 Å². The number of hydrogen-bond donors (Lipinski definition) is 1. The largest absolute Gasteiger partial charge is 0.343 e. The maximum atomic E-state index is 13.3. The standard InChI is InChI=1S/C7H12FNO2/c1-2-3-7(8)6-9(10)4-5-11-7/h2,10H,1,3-6H2/t7-/m0/s1. The lowest BCUT2D eigenvalue weighted by Crippen LogP contribution is -2.47. The third-order valence-corrected chi connectivity index (χ3v) is 1.58. The van der Waals surface area contributed by atoms with Gasteiger partial charge in [0.05, 0.1) is 13.2 Å². The molecule has 4 heteroatoms. The van der Waals surface area contributed by atoms with Crippen molar-refractivity contribution < 1.29 is 14.3 Å². The van der Waals surface area contributed by atoms with E-state index < -0.39 is 5.85 Å². The first kappa shape index (κ1) is 8.64. The van der Waals surface area contributed by atoms with Crippen LogP contribution in [-0.4, -0.2) is 35.8 Å². The SMILES string of the molecule is C=CC[C@@]1(F)CN(O)CCO1. The van der Waals surface area contributed by atoms with Crippen LogP contribution < -0.4 is 0 Å². The Hall–Kier alpha value is -0.450. The first-order valence-electron chi connectivity index (χ1n) is 3.54. The summed E-state index contributed by atoms with van der Waals surface area (Å²) in [6.45, 7) is 3.89. The van der Waals surface area contributed by atoms with Crippen molar-refractivity contribution in [3.8, 4) is 0 Å². The Balaban J connectivity index is 2.47. The lowest BCUT2D eigenvalue weighted by molar-refractivity contribution is -0.253. The Morgan fingerprint density at radius 3 is 3.09 bits per heavy atom. The van der Waals surface area contributed by atoms with E-state index in [4.69, 9.17) is 9.94 Å². The van der Waals surface area contributed by atoms with Crippen LogP contribution in [0.5, 0.6) is 0 Å². The molecule has 1 N–H and O–H groups in total. The van der Waals surface area contributed by atoms with Crippen molar-refractivity contribution in [3.63, 3.8) is 0 Å². The average Bonchev–Trinajstić information content (AvgIpc) is 1.86. The van der Waals surface area contributed by atoms with E-state index in [1.54, 1.807) is 0 Å². The molecular weight excluding hydrogens is 149 g/mol. The van der Waals surface area contributed by atoms with Crippen molar-refractivity contribution in [1.82, 2.24) is 5.06 Å². The molecule has 0 aliphatic carbocycles. The Labute approximate surface area is 65.0 Å². The minimum absolute atomic E-state index is 0.0982. The van der Waals surface area contributed by atoms with Gasteiger partial charge in [0, 0.05) is 13.0 Å². The Morgan fingerprint density at radius 2 is 2.55 bits per heavy atom. The van der Waals surface area contributed by atoms with Crippen molar-refractivity contribution in [2.24, 2.45) is 0 Å². The first-order chi connectivity index (χ1) is 5.16. The van der Waals surface area contributed by atoms with Crippen LogP contribution in [0.3, 0.4) is 0 Å². The van der Waals surface area contributed by atoms with Crippen LogP contribution in [0.4, 0.5) is 4.39 Å². The lowest BCUT2D eigenvalue weighted by atomic mass is 10.2. The Kier molecular flexibility index (Phi) is 2.59. The van der Waals surface area contributed by atoms with Gasteiger partial charge in [0.2, 0.25) is 5.85 Å². The molecule has 1 rings (SSSR count). The molecule has 3 nitrogen and oxygen atoms in total. The molecular formula is C7H12FNO2. The number of hydroxylamine groups is 2. The Bertz CT molecular complexity index is 153. The molecule has 1 aliphatic rings. The van der Waals surface area contributed by atoms with E-state index in [9.17, 15) is 4.39 Å². The number of nitrogens with zero attached hydrogens (tertiary/aromatic N) is 1. The molecule has 0 bridgehead atoms. The van der Waals surface area contributed by atoms with Gasteiger partial charge < -0.3 is 9.94 Å². The topological polar surface area (TPSA) is 32.7 Å². The van der Waals surface area contributed by atoms with Gasteiger partial charge in [0.25, 0.3) is 0 Å². The van der Waals surface area contributed by atoms with Gasteiger partial charge in [0.15, 0.2) is 0 Å². The van der Waals surface area contributed by atoms with Crippen molar-refractivity contribution in [2.45, 2.75) is 12.3 Å². The molecule has 0 radical (unpaired) electrons. The highest BCUT2D eigenvalue weighted by molar-refractivity contribution is 4.83. The van der Waals surface area contributed by atoms with Gasteiger partial charge >= 0.3 is 0 Å². The van der Waals surface area contributed by atoms with E-state index in [0.29, 0.717) is 6.54 Å². The second kappa shape index (κ2) is 3.30. The van der Waals surface area contributed by atoms with Crippen LogP contribution in [0.1, 0.15) is 6.42 Å². The van der Waals surface area contributed by atoms with E-state index in [0.717, 1.165) is 5.06 Å². The lowest BCUT2D eigenvalue weighted by Gasteiger charge is -2.33. The summed E-state index contributed by atoms with van der Waals surface area (Å²) in [5, 5.41) is 9.87. The molecule has 1 fully saturated rings. The molecule has 0 spiro atoms. The van der Waals surface area contributed by atoms with E-state index >= 15 is 0 Å². The van der Waals surface area contributed by atoms with Gasteiger partial charge in [-0.15, -0.1) is 6.58 Å². The van der Waals surface area contributed by atoms with Crippen molar-refractivity contribution in [3.05, 3.63) is 12.7 Å². The maximum absolute atomic E-state index is 13.3. The van der Waals surface area contributed by atoms with Gasteiger partial charge in [-0.1, -0.05) is 6.08 Å². The number of morpholine rings is 1. The summed E-state index contributed by atoms with van der Waals surface area (Å²) in [6.07, 6.45) is 1.56. The summed E-state index contributed by atoms with van der Waals surface area (Å²) in [5.74, 6) is -1.74. The molecule has 11 heavy (non-hydrogen) atoms. The quantitative estimate of drug-likeness (QED) is 0.612. The summed E-state index contributed by atoms with van der Waals surface area (Å²) in [4.78, 5) is 0. The van der Waals surface area contributed by atoms with Crippen LogP contribution in [0.2, 0.25) is 0 Å². The predicted molar refractivity (Wildman–Crippen MR) is 38.0 cm³/mol. The van der Waals surface area contributed by atoms with E-state index in [1.165, 1.54) is 6.08 Å². The first-order valence-corrected chi connectivity index (χ1v) is 3.54. The third-order valence-electron chi connectivity index (χ3n) is 1.58. The number of halogens is 1. The third kappa shape index (κ3) is 2.25. The predicted octanol–water partition coefficient (Wildman–Crippen LogP) is 0.950. The van der Waals surface area contributed by atoms with Crippen LogP contribution in [0.25, 0.3) is 0 Å². The zero-order valence-electron chi connectivity index (χ0n) is 6.29. The van der Waals surface area contributed by atoms with Crippen molar-refractivity contribution in [1.29, 1.82) is 0 Å². The van der Waals surface area contributed by atoms with Gasteiger partial charge in [-0.05, 0) is 0 Å². The summed E-state index contributed by atoms with van der Waals surface area (Å²) < 4.78 is 18.2. The van der Waals surface area contributed by atoms with Crippen molar-refractivity contribution >= 4 is 0 Å². The van der Waals surface area contributed by atoms with Crippen molar-refractivity contribution in [2.75, 3.05) is 19.7 Å². The van der Waals surface area contributed by atoms with Gasteiger partial charge in [-0.3, -0.25) is 0 Å². The second-order valence-corrected chi connectivity index (χ2v) is 2.61. The van der Waals surface area contributed by atoms with E-state index in [1.807, 2.05) is 0 Å². The maximum Gasteiger partial charge on any atom is 0.227 e. The minimum Gasteiger partial charge on any atom is -0.343 e. The molecule has 0 amide bonds. The molecule has 1 saturated heterocycles. The highest BCUT2D eigenvalue weighted by atomic mass is 19.2. The van der Waals surface area contributed by atoms with E-state index in [-0.39, 0.29) is 19.6 Å². The summed E-state index contributed by atoms with van der Waals surface area (Å²) in [7, 11) is 0. The highest BCUT2D eigenvalue weighted by Gasteiger charge is 2.34. The molecule has 0 aromatic carbocycles. The van der Waals surface area contributed by atoms with Crippen LogP contribution in [0.15, 0.2) is 12.7 Å².